The molecule has 1 rings (SSSR count). The molecule has 1 amide bonds. The molecule has 2 N–H and O–H groups in total. The van der Waals surface area contributed by atoms with Gasteiger partial charge in [-0.1, -0.05) is 5.21 Å². The van der Waals surface area contributed by atoms with Gasteiger partial charge in [-0.15, -0.1) is 5.10 Å². The Labute approximate surface area is 101 Å². The van der Waals surface area contributed by atoms with E-state index in [0.717, 1.165) is 0 Å². The molecular formula is C9H13F3N4O2. The third kappa shape index (κ3) is 2.97. The number of halogens is 3. The number of ether oxygens (including phenoxy) is 1. The third-order valence-corrected chi connectivity index (χ3v) is 2.35. The second kappa shape index (κ2) is 5.34. The van der Waals surface area contributed by atoms with E-state index < -0.39 is 29.5 Å². The molecule has 102 valence electrons. The zero-order valence-electron chi connectivity index (χ0n) is 9.86. The Morgan fingerprint density at radius 3 is 2.61 bits per heavy atom. The van der Waals surface area contributed by atoms with Gasteiger partial charge >= 0.3 is 6.18 Å². The van der Waals surface area contributed by atoms with Crippen molar-refractivity contribution in [1.82, 2.24) is 15.0 Å². The molecule has 18 heavy (non-hydrogen) atoms. The van der Waals surface area contributed by atoms with Gasteiger partial charge in [0.05, 0.1) is 6.04 Å². The highest BCUT2D eigenvalue weighted by Gasteiger charge is 2.41. The lowest BCUT2D eigenvalue weighted by atomic mass is 10.2. The van der Waals surface area contributed by atoms with Crippen LogP contribution in [0.4, 0.5) is 13.2 Å². The van der Waals surface area contributed by atoms with Crippen molar-refractivity contribution in [2.75, 3.05) is 13.7 Å². The van der Waals surface area contributed by atoms with Gasteiger partial charge in [-0.2, -0.15) is 13.2 Å². The molecule has 1 aromatic rings. The van der Waals surface area contributed by atoms with E-state index in [1.165, 1.54) is 14.0 Å². The number of primary amides is 1. The third-order valence-electron chi connectivity index (χ3n) is 2.35. The second-order valence-electron chi connectivity index (χ2n) is 3.72. The van der Waals surface area contributed by atoms with Crippen LogP contribution in [0.2, 0.25) is 0 Å². The van der Waals surface area contributed by atoms with Gasteiger partial charge in [0, 0.05) is 13.7 Å². The van der Waals surface area contributed by atoms with Crippen LogP contribution < -0.4 is 5.73 Å². The number of aromatic nitrogens is 3. The number of methoxy groups -OCH3 is 1. The fraction of sp³-hybridized carbons (Fsp3) is 0.667. The number of hydrogen-bond acceptors (Lipinski definition) is 4. The standard InChI is InChI=1S/C9H13F3N4O2/c1-5(3-4-18-2)16-7(9(10,11)12)6(8(13)17)14-15-16/h5H,3-4H2,1-2H3,(H2,13,17). The summed E-state index contributed by atoms with van der Waals surface area (Å²) >= 11 is 0. The van der Waals surface area contributed by atoms with Crippen molar-refractivity contribution in [3.05, 3.63) is 11.4 Å². The fourth-order valence-corrected chi connectivity index (χ4v) is 1.44. The van der Waals surface area contributed by atoms with Gasteiger partial charge in [0.2, 0.25) is 0 Å². The second-order valence-corrected chi connectivity index (χ2v) is 3.72. The van der Waals surface area contributed by atoms with E-state index in [1.54, 1.807) is 0 Å². The van der Waals surface area contributed by atoms with Crippen molar-refractivity contribution in [1.29, 1.82) is 0 Å². The van der Waals surface area contributed by atoms with E-state index in [0.29, 0.717) is 11.1 Å². The van der Waals surface area contributed by atoms with Gasteiger partial charge < -0.3 is 10.5 Å². The number of carbonyl (C=O) groups excluding carboxylic acids is 1. The smallest absolute Gasteiger partial charge is 0.385 e. The molecule has 0 bridgehead atoms. The summed E-state index contributed by atoms with van der Waals surface area (Å²) in [4.78, 5) is 10.9. The van der Waals surface area contributed by atoms with Crippen LogP contribution in [0.3, 0.4) is 0 Å². The first-order valence-electron chi connectivity index (χ1n) is 5.10. The molecule has 0 saturated carbocycles. The number of alkyl halides is 3. The van der Waals surface area contributed by atoms with Crippen LogP contribution in [0.5, 0.6) is 0 Å². The maximum atomic E-state index is 12.8. The molecule has 0 radical (unpaired) electrons. The summed E-state index contributed by atoms with van der Waals surface area (Å²) in [6.45, 7) is 1.79. The quantitative estimate of drug-likeness (QED) is 0.861. The molecule has 0 aliphatic heterocycles. The molecule has 1 heterocycles. The van der Waals surface area contributed by atoms with Crippen molar-refractivity contribution in [2.24, 2.45) is 5.73 Å². The minimum atomic E-state index is -4.74. The van der Waals surface area contributed by atoms with E-state index in [-0.39, 0.29) is 6.61 Å². The topological polar surface area (TPSA) is 83.0 Å². The summed E-state index contributed by atoms with van der Waals surface area (Å²) in [5.41, 5.74) is 2.75. The van der Waals surface area contributed by atoms with Crippen LogP contribution in [-0.4, -0.2) is 34.6 Å². The fourth-order valence-electron chi connectivity index (χ4n) is 1.44. The van der Waals surface area contributed by atoms with Crippen LogP contribution in [0.1, 0.15) is 35.6 Å². The van der Waals surface area contributed by atoms with Gasteiger partial charge in [-0.25, -0.2) is 4.68 Å². The number of nitrogens with two attached hydrogens (primary N) is 1. The molecule has 0 spiro atoms. The normalized spacial score (nSPS) is 13.6. The molecule has 1 unspecified atom stereocenters. The first-order valence-corrected chi connectivity index (χ1v) is 5.10. The zero-order chi connectivity index (χ0) is 13.9. The number of amides is 1. The SMILES string of the molecule is COCCC(C)n1nnc(C(N)=O)c1C(F)(F)F. The van der Waals surface area contributed by atoms with Crippen molar-refractivity contribution in [2.45, 2.75) is 25.6 Å². The Morgan fingerprint density at radius 1 is 1.56 bits per heavy atom. The largest absolute Gasteiger partial charge is 0.435 e. The minimum absolute atomic E-state index is 0.268. The molecule has 6 nitrogen and oxygen atoms in total. The van der Waals surface area contributed by atoms with Gasteiger partial charge in [-0.3, -0.25) is 4.79 Å². The van der Waals surface area contributed by atoms with E-state index in [1.807, 2.05) is 0 Å². The van der Waals surface area contributed by atoms with Crippen molar-refractivity contribution in [3.8, 4) is 0 Å². The molecule has 0 saturated heterocycles. The molecular weight excluding hydrogens is 253 g/mol. The van der Waals surface area contributed by atoms with Crippen LogP contribution in [0.25, 0.3) is 0 Å². The van der Waals surface area contributed by atoms with Gasteiger partial charge in [-0.05, 0) is 13.3 Å². The summed E-state index contributed by atoms with van der Waals surface area (Å²) in [6, 6.07) is -0.609. The lowest BCUT2D eigenvalue weighted by Crippen LogP contribution is -2.23. The van der Waals surface area contributed by atoms with E-state index in [4.69, 9.17) is 10.5 Å². The highest BCUT2D eigenvalue weighted by atomic mass is 19.4. The summed E-state index contributed by atoms with van der Waals surface area (Å²) in [6.07, 6.45) is -4.43. The molecule has 0 aliphatic carbocycles. The first-order chi connectivity index (χ1) is 8.29. The van der Waals surface area contributed by atoms with Gasteiger partial charge in [0.25, 0.3) is 5.91 Å². The van der Waals surface area contributed by atoms with Crippen molar-refractivity contribution >= 4 is 5.91 Å². The number of nitrogens with zero attached hydrogens (tertiary/aromatic N) is 3. The van der Waals surface area contributed by atoms with Crippen LogP contribution >= 0.6 is 0 Å². The lowest BCUT2D eigenvalue weighted by Gasteiger charge is -2.16. The maximum Gasteiger partial charge on any atom is 0.435 e. The predicted molar refractivity (Wildman–Crippen MR) is 54.7 cm³/mol. The number of rotatable bonds is 5. The number of hydrogen-bond donors (Lipinski definition) is 1. The minimum Gasteiger partial charge on any atom is -0.385 e. The Kier molecular flexibility index (Phi) is 4.28. The van der Waals surface area contributed by atoms with Crippen LogP contribution in [0, 0.1) is 0 Å². The van der Waals surface area contributed by atoms with Crippen LogP contribution in [-0.2, 0) is 10.9 Å². The summed E-state index contributed by atoms with van der Waals surface area (Å²) in [5, 5.41) is 6.54. The molecule has 0 aromatic carbocycles. The molecule has 1 aromatic heterocycles. The Morgan fingerprint density at radius 2 is 2.17 bits per heavy atom. The van der Waals surface area contributed by atoms with Gasteiger partial charge in [0.1, 0.15) is 0 Å². The summed E-state index contributed by atoms with van der Waals surface area (Å²) in [5.74, 6) is -1.26. The predicted octanol–water partition coefficient (Wildman–Crippen LogP) is 0.993. The van der Waals surface area contributed by atoms with E-state index >= 15 is 0 Å². The summed E-state index contributed by atoms with van der Waals surface area (Å²) in [7, 11) is 1.44. The van der Waals surface area contributed by atoms with Crippen molar-refractivity contribution < 1.29 is 22.7 Å². The molecule has 0 aliphatic rings. The summed E-state index contributed by atoms with van der Waals surface area (Å²) < 4.78 is 44.0. The monoisotopic (exact) mass is 266 g/mol. The maximum absolute atomic E-state index is 12.8. The highest BCUT2D eigenvalue weighted by Crippen LogP contribution is 2.32. The van der Waals surface area contributed by atoms with E-state index in [2.05, 4.69) is 10.3 Å². The first kappa shape index (κ1) is 14.4. The molecule has 1 atom stereocenters. The Balaban J connectivity index is 3.16. The number of carbonyl (C=O) groups is 1. The van der Waals surface area contributed by atoms with Crippen molar-refractivity contribution in [3.63, 3.8) is 0 Å². The molecule has 9 heteroatoms. The Bertz CT molecular complexity index is 430. The van der Waals surface area contributed by atoms with Gasteiger partial charge in [0.15, 0.2) is 11.4 Å². The average molecular weight is 266 g/mol. The van der Waals surface area contributed by atoms with Crippen LogP contribution in [0.15, 0.2) is 0 Å². The average Bonchev–Trinajstić information content (AvgIpc) is 2.69. The van der Waals surface area contributed by atoms with E-state index in [9.17, 15) is 18.0 Å². The Hall–Kier alpha value is -1.64. The zero-order valence-corrected chi connectivity index (χ0v) is 9.86. The lowest BCUT2D eigenvalue weighted by molar-refractivity contribution is -0.145. The molecule has 0 fully saturated rings. The highest BCUT2D eigenvalue weighted by molar-refractivity contribution is 5.91.